The van der Waals surface area contributed by atoms with Gasteiger partial charge < -0.3 is 29.7 Å². The maximum absolute atomic E-state index is 12.4. The maximum Gasteiger partial charge on any atom is 0.227 e. The van der Waals surface area contributed by atoms with Crippen molar-refractivity contribution in [3.63, 3.8) is 0 Å². The number of methoxy groups -OCH3 is 3. The second-order valence-corrected chi connectivity index (χ2v) is 6.04. The number of benzene rings is 1. The van der Waals surface area contributed by atoms with Crippen LogP contribution in [-0.4, -0.2) is 59.8 Å². The largest absolute Gasteiger partial charge is 0.493 e. The average Bonchev–Trinajstić information content (AvgIpc) is 3.05. The Morgan fingerprint density at radius 3 is 2.35 bits per heavy atom. The molecule has 2 rings (SSSR count). The highest BCUT2D eigenvalue weighted by Gasteiger charge is 2.35. The van der Waals surface area contributed by atoms with Gasteiger partial charge in [-0.3, -0.25) is 9.59 Å². The standard InChI is InChI=1S/C18H27N3O5/c1-19-6-5-7-20-18(23)12-8-16(22)21(11-12)13-9-14(24-2)17(26-4)15(10-13)25-3/h9-10,12,19H,5-8,11H2,1-4H3,(H,20,23). The molecule has 1 saturated heterocycles. The smallest absolute Gasteiger partial charge is 0.227 e. The van der Waals surface area contributed by atoms with Crippen molar-refractivity contribution in [2.24, 2.45) is 5.92 Å². The highest BCUT2D eigenvalue weighted by Crippen LogP contribution is 2.42. The van der Waals surface area contributed by atoms with Gasteiger partial charge in [0.05, 0.1) is 32.9 Å². The van der Waals surface area contributed by atoms with Crippen LogP contribution in [0.15, 0.2) is 12.1 Å². The van der Waals surface area contributed by atoms with Crippen molar-refractivity contribution >= 4 is 17.5 Å². The molecule has 0 bridgehead atoms. The lowest BCUT2D eigenvalue weighted by molar-refractivity contribution is -0.126. The van der Waals surface area contributed by atoms with E-state index in [0.29, 0.717) is 36.0 Å². The van der Waals surface area contributed by atoms with E-state index in [1.54, 1.807) is 17.0 Å². The van der Waals surface area contributed by atoms with E-state index in [0.717, 1.165) is 13.0 Å². The number of carbonyl (C=O) groups is 2. The molecule has 0 aromatic heterocycles. The lowest BCUT2D eigenvalue weighted by Gasteiger charge is -2.20. The molecule has 1 aliphatic heterocycles. The summed E-state index contributed by atoms with van der Waals surface area (Å²) >= 11 is 0. The van der Waals surface area contributed by atoms with Gasteiger partial charge >= 0.3 is 0 Å². The van der Waals surface area contributed by atoms with Crippen LogP contribution in [0.5, 0.6) is 17.2 Å². The zero-order valence-electron chi connectivity index (χ0n) is 15.8. The van der Waals surface area contributed by atoms with Gasteiger partial charge in [-0.25, -0.2) is 0 Å². The monoisotopic (exact) mass is 365 g/mol. The Kier molecular flexibility index (Phi) is 7.08. The lowest BCUT2D eigenvalue weighted by Crippen LogP contribution is -2.34. The molecular weight excluding hydrogens is 338 g/mol. The predicted octanol–water partition coefficient (Wildman–Crippen LogP) is 0.791. The molecule has 0 radical (unpaired) electrons. The molecule has 1 aromatic carbocycles. The van der Waals surface area contributed by atoms with Crippen molar-refractivity contribution in [3.8, 4) is 17.2 Å². The topological polar surface area (TPSA) is 89.1 Å². The molecular formula is C18H27N3O5. The number of carbonyl (C=O) groups excluding carboxylic acids is 2. The summed E-state index contributed by atoms with van der Waals surface area (Å²) in [4.78, 5) is 26.3. The quantitative estimate of drug-likeness (QED) is 0.629. The maximum atomic E-state index is 12.4. The van der Waals surface area contributed by atoms with Gasteiger partial charge in [0.15, 0.2) is 11.5 Å². The number of amides is 2. The number of anilines is 1. The minimum atomic E-state index is -0.365. The first-order chi connectivity index (χ1) is 12.5. The van der Waals surface area contributed by atoms with E-state index in [2.05, 4.69) is 10.6 Å². The molecule has 26 heavy (non-hydrogen) atoms. The summed E-state index contributed by atoms with van der Waals surface area (Å²) in [5.74, 6) is 0.837. The van der Waals surface area contributed by atoms with Crippen molar-refractivity contribution in [2.75, 3.05) is 52.9 Å². The Morgan fingerprint density at radius 2 is 1.81 bits per heavy atom. The predicted molar refractivity (Wildman–Crippen MR) is 98.1 cm³/mol. The highest BCUT2D eigenvalue weighted by atomic mass is 16.5. The molecule has 0 spiro atoms. The SMILES string of the molecule is CNCCCNC(=O)C1CC(=O)N(c2cc(OC)c(OC)c(OC)c2)C1. The molecule has 144 valence electrons. The van der Waals surface area contributed by atoms with E-state index >= 15 is 0 Å². The van der Waals surface area contributed by atoms with Crippen LogP contribution >= 0.6 is 0 Å². The van der Waals surface area contributed by atoms with Crippen molar-refractivity contribution < 1.29 is 23.8 Å². The molecule has 0 saturated carbocycles. The molecule has 1 aromatic rings. The van der Waals surface area contributed by atoms with E-state index in [9.17, 15) is 9.59 Å². The zero-order valence-corrected chi connectivity index (χ0v) is 15.8. The van der Waals surface area contributed by atoms with Gasteiger partial charge in [0.2, 0.25) is 17.6 Å². The van der Waals surface area contributed by atoms with Crippen LogP contribution < -0.4 is 29.7 Å². The Hall–Kier alpha value is -2.48. The first-order valence-corrected chi connectivity index (χ1v) is 8.58. The fourth-order valence-corrected chi connectivity index (χ4v) is 2.98. The number of nitrogens with zero attached hydrogens (tertiary/aromatic N) is 1. The Balaban J connectivity index is 2.12. The molecule has 2 N–H and O–H groups in total. The number of ether oxygens (including phenoxy) is 3. The third-order valence-corrected chi connectivity index (χ3v) is 4.36. The Bertz CT molecular complexity index is 625. The van der Waals surface area contributed by atoms with E-state index < -0.39 is 0 Å². The number of nitrogens with one attached hydrogen (secondary N) is 2. The summed E-state index contributed by atoms with van der Waals surface area (Å²) in [6.45, 7) is 1.76. The van der Waals surface area contributed by atoms with Crippen molar-refractivity contribution in [2.45, 2.75) is 12.8 Å². The fraction of sp³-hybridized carbons (Fsp3) is 0.556. The van der Waals surface area contributed by atoms with Gasteiger partial charge in [0.25, 0.3) is 0 Å². The summed E-state index contributed by atoms with van der Waals surface area (Å²) in [5, 5.41) is 5.92. The van der Waals surface area contributed by atoms with Crippen molar-refractivity contribution in [1.82, 2.24) is 10.6 Å². The van der Waals surface area contributed by atoms with Gasteiger partial charge in [-0.1, -0.05) is 0 Å². The van der Waals surface area contributed by atoms with Gasteiger partial charge in [-0.2, -0.15) is 0 Å². The van der Waals surface area contributed by atoms with Crippen LogP contribution in [0.2, 0.25) is 0 Å². The Morgan fingerprint density at radius 1 is 1.15 bits per heavy atom. The average molecular weight is 365 g/mol. The number of hydrogen-bond donors (Lipinski definition) is 2. The summed E-state index contributed by atoms with van der Waals surface area (Å²) in [7, 11) is 6.44. The van der Waals surface area contributed by atoms with Gasteiger partial charge in [0.1, 0.15) is 0 Å². The molecule has 1 unspecified atom stereocenters. The summed E-state index contributed by atoms with van der Waals surface area (Å²) in [5.41, 5.74) is 0.620. The third kappa shape index (κ3) is 4.37. The Labute approximate surface area is 153 Å². The summed E-state index contributed by atoms with van der Waals surface area (Å²) in [6.07, 6.45) is 1.04. The molecule has 0 aliphatic carbocycles. The second-order valence-electron chi connectivity index (χ2n) is 6.04. The number of rotatable bonds is 9. The first kappa shape index (κ1) is 19.8. The van der Waals surface area contributed by atoms with Crippen LogP contribution in [0.1, 0.15) is 12.8 Å². The van der Waals surface area contributed by atoms with Crippen LogP contribution in [0.25, 0.3) is 0 Å². The van der Waals surface area contributed by atoms with E-state index in [1.807, 2.05) is 7.05 Å². The molecule has 8 heteroatoms. The minimum Gasteiger partial charge on any atom is -0.493 e. The fourth-order valence-electron chi connectivity index (χ4n) is 2.98. The zero-order chi connectivity index (χ0) is 19.1. The van der Waals surface area contributed by atoms with Crippen molar-refractivity contribution in [1.29, 1.82) is 0 Å². The van der Waals surface area contributed by atoms with Crippen LogP contribution in [0, 0.1) is 5.92 Å². The lowest BCUT2D eigenvalue weighted by atomic mass is 10.1. The minimum absolute atomic E-state index is 0.0932. The van der Waals surface area contributed by atoms with Crippen molar-refractivity contribution in [3.05, 3.63) is 12.1 Å². The van der Waals surface area contributed by atoms with Gasteiger partial charge in [0, 0.05) is 31.6 Å². The number of hydrogen-bond acceptors (Lipinski definition) is 6. The van der Waals surface area contributed by atoms with Crippen LogP contribution in [0.3, 0.4) is 0 Å². The van der Waals surface area contributed by atoms with E-state index in [-0.39, 0.29) is 24.2 Å². The second kappa shape index (κ2) is 9.28. The van der Waals surface area contributed by atoms with Crippen LogP contribution in [0.4, 0.5) is 5.69 Å². The molecule has 2 amide bonds. The molecule has 1 atom stereocenters. The normalized spacial score (nSPS) is 16.5. The van der Waals surface area contributed by atoms with E-state index in [1.165, 1.54) is 21.3 Å². The molecule has 1 fully saturated rings. The molecule has 8 nitrogen and oxygen atoms in total. The molecule has 1 heterocycles. The molecule has 1 aliphatic rings. The van der Waals surface area contributed by atoms with E-state index in [4.69, 9.17) is 14.2 Å². The third-order valence-electron chi connectivity index (χ3n) is 4.36. The summed E-state index contributed by atoms with van der Waals surface area (Å²) < 4.78 is 16.0. The summed E-state index contributed by atoms with van der Waals surface area (Å²) in [6, 6.07) is 3.43. The van der Waals surface area contributed by atoms with Gasteiger partial charge in [-0.05, 0) is 20.0 Å². The van der Waals surface area contributed by atoms with Gasteiger partial charge in [-0.15, -0.1) is 0 Å². The first-order valence-electron chi connectivity index (χ1n) is 8.58. The van der Waals surface area contributed by atoms with Crippen LogP contribution in [-0.2, 0) is 9.59 Å². The highest BCUT2D eigenvalue weighted by molar-refractivity contribution is 6.00.